The molecule has 4 aliphatic heterocycles. The summed E-state index contributed by atoms with van der Waals surface area (Å²) in [4.78, 5) is 48.2. The fourth-order valence-corrected chi connectivity index (χ4v) is 9.22. The summed E-state index contributed by atoms with van der Waals surface area (Å²) in [6, 6.07) is 14.9. The molecule has 2 amide bonds. The highest BCUT2D eigenvalue weighted by Gasteiger charge is 2.39. The highest BCUT2D eigenvalue weighted by molar-refractivity contribution is 6.35. The van der Waals surface area contributed by atoms with Gasteiger partial charge in [0.05, 0.1) is 45.2 Å². The van der Waals surface area contributed by atoms with Gasteiger partial charge in [-0.3, -0.25) is 33.8 Å². The van der Waals surface area contributed by atoms with Gasteiger partial charge < -0.3 is 9.80 Å². The van der Waals surface area contributed by atoms with E-state index in [-0.39, 0.29) is 30.0 Å². The predicted octanol–water partition coefficient (Wildman–Crippen LogP) is 5.84. The van der Waals surface area contributed by atoms with Crippen LogP contribution in [0.5, 0.6) is 0 Å². The van der Waals surface area contributed by atoms with Crippen LogP contribution in [0.2, 0.25) is 5.02 Å². The number of carbonyl (C=O) groups is 2. The number of rotatable bonds is 6. The maximum absolute atomic E-state index is 15.2. The fraction of sp³-hybridized carbons (Fsp3) is 0.390. The minimum absolute atomic E-state index is 0.0561. The lowest BCUT2D eigenvalue weighted by molar-refractivity contribution is -0.134. The van der Waals surface area contributed by atoms with E-state index in [1.54, 1.807) is 6.07 Å². The molecule has 6 heterocycles. The monoisotopic (exact) mass is 766 g/mol. The van der Waals surface area contributed by atoms with E-state index in [0.717, 1.165) is 79.4 Å². The van der Waals surface area contributed by atoms with Crippen molar-refractivity contribution in [3.8, 4) is 5.69 Å². The first-order valence-corrected chi connectivity index (χ1v) is 19.3. The number of amides is 2. The summed E-state index contributed by atoms with van der Waals surface area (Å²) in [6.45, 7) is 9.76. The number of piperidine rings is 2. The van der Waals surface area contributed by atoms with Crippen molar-refractivity contribution in [2.75, 3.05) is 49.1 Å². The van der Waals surface area contributed by atoms with Crippen LogP contribution in [0, 0.1) is 11.6 Å². The molecule has 284 valence electrons. The number of fused-ring (bicyclic) bond motifs is 5. The molecule has 1 N–H and O–H groups in total. The van der Waals surface area contributed by atoms with Crippen molar-refractivity contribution in [3.63, 3.8) is 0 Å². The van der Waals surface area contributed by atoms with Gasteiger partial charge in [-0.2, -0.15) is 10.1 Å². The van der Waals surface area contributed by atoms with E-state index in [4.69, 9.17) is 16.7 Å². The van der Waals surface area contributed by atoms with E-state index >= 15 is 8.78 Å². The third-order valence-corrected chi connectivity index (χ3v) is 12.3. The second-order valence-corrected chi connectivity index (χ2v) is 16.1. The summed E-state index contributed by atoms with van der Waals surface area (Å²) in [7, 11) is 0. The van der Waals surface area contributed by atoms with Gasteiger partial charge in [0.1, 0.15) is 17.5 Å². The van der Waals surface area contributed by atoms with E-state index in [0.29, 0.717) is 29.2 Å². The molecule has 3 aromatic carbocycles. The molecule has 3 fully saturated rings. The Morgan fingerprint density at radius 1 is 0.891 bits per heavy atom. The number of hydrogen-bond donors (Lipinski definition) is 1. The number of anilines is 2. The predicted molar refractivity (Wildman–Crippen MR) is 206 cm³/mol. The van der Waals surface area contributed by atoms with Crippen molar-refractivity contribution in [3.05, 3.63) is 110 Å². The highest BCUT2D eigenvalue weighted by Crippen LogP contribution is 2.44. The first-order chi connectivity index (χ1) is 26.5. The smallest absolute Gasteiger partial charge is 0.282 e. The van der Waals surface area contributed by atoms with Gasteiger partial charge in [-0.25, -0.2) is 8.78 Å². The van der Waals surface area contributed by atoms with Crippen LogP contribution < -0.4 is 20.7 Å². The Balaban J connectivity index is 0.820. The molecular formula is C41H41ClF2N8O3. The third-order valence-electron chi connectivity index (χ3n) is 12.0. The molecule has 0 spiro atoms. The van der Waals surface area contributed by atoms with Gasteiger partial charge in [-0.05, 0) is 75.1 Å². The number of hydrogen-bond acceptors (Lipinski definition) is 8. The summed E-state index contributed by atoms with van der Waals surface area (Å²) in [5, 5.41) is 7.74. The Morgan fingerprint density at radius 3 is 2.35 bits per heavy atom. The van der Waals surface area contributed by atoms with Crippen molar-refractivity contribution in [1.82, 2.24) is 29.5 Å². The zero-order valence-corrected chi connectivity index (χ0v) is 31.5. The second-order valence-electron chi connectivity index (χ2n) is 15.7. The number of halogens is 3. The minimum Gasteiger partial charge on any atom is -0.371 e. The van der Waals surface area contributed by atoms with E-state index in [1.165, 1.54) is 12.1 Å². The number of nitrogens with zero attached hydrogens (tertiary/aromatic N) is 7. The first kappa shape index (κ1) is 35.6. The summed E-state index contributed by atoms with van der Waals surface area (Å²) < 4.78 is 34.5. The Kier molecular flexibility index (Phi) is 8.76. The SMILES string of the molecule is CC1(C)c2ccc(N3CCN(Cc4cnn(C5CCN(c6cc(F)c(C7CCC(=O)NC7=O)c(F)c6)CC5)c4)CC3)cc2-n2c1nc(=O)c1c(Cl)cccc12. The van der Waals surface area contributed by atoms with E-state index in [2.05, 4.69) is 62.9 Å². The standard InChI is InChI=1S/C41H41ClF2N8O3/c1-41(2)29-8-6-26(20-34(29)52-33-5-3-4-30(42)37(33)39(55)47-40(41)52)50-16-14-48(15-17-50)22-24-21-45-51(23-24)25-10-12-49(13-11-25)27-18-31(43)36(32(44)19-27)28-7-9-35(53)46-38(28)54/h3-6,8,18-21,23,25,28H,7,9-17,22H2,1-2H3,(H,46,53,54). The summed E-state index contributed by atoms with van der Waals surface area (Å²) >= 11 is 6.48. The number of aromatic nitrogens is 4. The minimum atomic E-state index is -1.01. The molecule has 55 heavy (non-hydrogen) atoms. The summed E-state index contributed by atoms with van der Waals surface area (Å²) in [5.74, 6) is -2.90. The molecule has 0 saturated carbocycles. The molecule has 0 aliphatic carbocycles. The van der Waals surface area contributed by atoms with Gasteiger partial charge in [0.25, 0.3) is 5.56 Å². The Bertz CT molecular complexity index is 2410. The van der Waals surface area contributed by atoms with Crippen molar-refractivity contribution in [1.29, 1.82) is 0 Å². The van der Waals surface area contributed by atoms with Crippen LogP contribution in [0.25, 0.3) is 16.6 Å². The van der Waals surface area contributed by atoms with Gasteiger partial charge in [0, 0.05) is 80.9 Å². The van der Waals surface area contributed by atoms with Crippen LogP contribution in [-0.4, -0.2) is 75.3 Å². The van der Waals surface area contributed by atoms with Crippen LogP contribution in [0.15, 0.2) is 65.7 Å². The van der Waals surface area contributed by atoms with Crippen molar-refractivity contribution >= 4 is 45.7 Å². The maximum atomic E-state index is 15.2. The van der Waals surface area contributed by atoms with Crippen LogP contribution in [0.1, 0.15) is 74.0 Å². The molecule has 14 heteroatoms. The summed E-state index contributed by atoms with van der Waals surface area (Å²) in [6.07, 6.45) is 5.75. The number of imide groups is 1. The van der Waals surface area contributed by atoms with Gasteiger partial charge in [-0.15, -0.1) is 0 Å². The Labute approximate surface area is 321 Å². The Morgan fingerprint density at radius 2 is 1.62 bits per heavy atom. The number of piperazine rings is 1. The van der Waals surface area contributed by atoms with Crippen LogP contribution in [-0.2, 0) is 21.5 Å². The fourth-order valence-electron chi connectivity index (χ4n) is 8.97. The molecule has 1 unspecified atom stereocenters. The lowest BCUT2D eigenvalue weighted by atomic mass is 9.85. The van der Waals surface area contributed by atoms with Gasteiger partial charge >= 0.3 is 0 Å². The average molecular weight is 767 g/mol. The molecule has 5 aromatic rings. The quantitative estimate of drug-likeness (QED) is 0.215. The van der Waals surface area contributed by atoms with Crippen LogP contribution >= 0.6 is 11.6 Å². The number of nitrogens with one attached hydrogen (secondary N) is 1. The second kappa shape index (κ2) is 13.6. The van der Waals surface area contributed by atoms with Crippen molar-refractivity contribution < 1.29 is 18.4 Å². The lowest BCUT2D eigenvalue weighted by Crippen LogP contribution is -2.46. The van der Waals surface area contributed by atoms with Gasteiger partial charge in [0.15, 0.2) is 0 Å². The van der Waals surface area contributed by atoms with Crippen LogP contribution in [0.4, 0.5) is 20.2 Å². The first-order valence-electron chi connectivity index (χ1n) is 18.9. The third kappa shape index (κ3) is 6.17. The van der Waals surface area contributed by atoms with Gasteiger partial charge in [-0.1, -0.05) is 23.7 Å². The lowest BCUT2D eigenvalue weighted by Gasteiger charge is -2.36. The van der Waals surface area contributed by atoms with Crippen molar-refractivity contribution in [2.45, 2.75) is 63.5 Å². The largest absolute Gasteiger partial charge is 0.371 e. The molecule has 0 bridgehead atoms. The normalized spacial score (nSPS) is 20.2. The highest BCUT2D eigenvalue weighted by atomic mass is 35.5. The molecule has 4 aliphatic rings. The van der Waals surface area contributed by atoms with Crippen LogP contribution in [0.3, 0.4) is 0 Å². The van der Waals surface area contributed by atoms with Crippen molar-refractivity contribution in [2.24, 2.45) is 0 Å². The Hall–Kier alpha value is -5.14. The summed E-state index contributed by atoms with van der Waals surface area (Å²) in [5.41, 5.74) is 4.64. The number of benzene rings is 3. The van der Waals surface area contributed by atoms with E-state index in [9.17, 15) is 14.4 Å². The maximum Gasteiger partial charge on any atom is 0.282 e. The molecule has 0 radical (unpaired) electrons. The zero-order chi connectivity index (χ0) is 38.2. The molecule has 1 atom stereocenters. The molecule has 2 aromatic heterocycles. The molecule has 9 rings (SSSR count). The van der Waals surface area contributed by atoms with Gasteiger partial charge in [0.2, 0.25) is 11.8 Å². The molecule has 11 nitrogen and oxygen atoms in total. The topological polar surface area (TPSA) is 109 Å². The average Bonchev–Trinajstić information content (AvgIpc) is 3.72. The molecule has 3 saturated heterocycles. The number of carbonyl (C=O) groups excluding carboxylic acids is 2. The van der Waals surface area contributed by atoms with E-state index in [1.807, 2.05) is 27.9 Å². The van der Waals surface area contributed by atoms with E-state index < -0.39 is 34.8 Å². The molecular weight excluding hydrogens is 726 g/mol. The zero-order valence-electron chi connectivity index (χ0n) is 30.7.